The van der Waals surface area contributed by atoms with Crippen molar-refractivity contribution in [2.45, 2.75) is 25.8 Å². The van der Waals surface area contributed by atoms with E-state index in [1.165, 1.54) is 12.1 Å². The first-order valence-corrected chi connectivity index (χ1v) is 5.47. The number of benzene rings is 1. The van der Waals surface area contributed by atoms with Crippen molar-refractivity contribution in [1.82, 2.24) is 5.32 Å². The number of carbonyl (C=O) groups excluding carboxylic acids is 1. The van der Waals surface area contributed by atoms with Gasteiger partial charge in [-0.2, -0.15) is 0 Å². The molecular formula is C12H18N2O2. The van der Waals surface area contributed by atoms with Crippen molar-refractivity contribution in [3.63, 3.8) is 0 Å². The van der Waals surface area contributed by atoms with E-state index in [1.807, 2.05) is 6.92 Å². The fourth-order valence-corrected chi connectivity index (χ4v) is 1.51. The van der Waals surface area contributed by atoms with Crippen LogP contribution in [0.1, 0.15) is 30.1 Å². The van der Waals surface area contributed by atoms with Crippen LogP contribution in [0.25, 0.3) is 0 Å². The van der Waals surface area contributed by atoms with Gasteiger partial charge in [0.2, 0.25) is 0 Å². The molecule has 0 heterocycles. The second-order valence-corrected chi connectivity index (χ2v) is 3.75. The molecule has 0 fully saturated rings. The van der Waals surface area contributed by atoms with Crippen molar-refractivity contribution in [3.05, 3.63) is 29.8 Å². The third kappa shape index (κ3) is 3.55. The first-order chi connectivity index (χ1) is 7.67. The summed E-state index contributed by atoms with van der Waals surface area (Å²) >= 11 is 0. The van der Waals surface area contributed by atoms with Crippen LogP contribution in [0.15, 0.2) is 24.3 Å². The summed E-state index contributed by atoms with van der Waals surface area (Å²) in [5.41, 5.74) is 6.00. The van der Waals surface area contributed by atoms with Crippen molar-refractivity contribution in [1.29, 1.82) is 0 Å². The SMILES string of the molecule is CCCC(CN)NC(=O)c1cccc(O)c1. The molecule has 1 atom stereocenters. The molecule has 0 aromatic heterocycles. The zero-order valence-electron chi connectivity index (χ0n) is 9.44. The van der Waals surface area contributed by atoms with Crippen LogP contribution in [0.5, 0.6) is 5.75 Å². The molecule has 88 valence electrons. The molecule has 1 rings (SSSR count). The fourth-order valence-electron chi connectivity index (χ4n) is 1.51. The largest absolute Gasteiger partial charge is 0.508 e. The number of hydrogen-bond donors (Lipinski definition) is 3. The molecule has 16 heavy (non-hydrogen) atoms. The van der Waals surface area contributed by atoms with Gasteiger partial charge in [0.1, 0.15) is 5.75 Å². The molecule has 0 bridgehead atoms. The summed E-state index contributed by atoms with van der Waals surface area (Å²) in [6.07, 6.45) is 1.84. The zero-order chi connectivity index (χ0) is 12.0. The normalized spacial score (nSPS) is 12.1. The predicted octanol–water partition coefficient (Wildman–Crippen LogP) is 1.25. The number of phenols is 1. The van der Waals surface area contributed by atoms with Gasteiger partial charge in [0, 0.05) is 18.2 Å². The lowest BCUT2D eigenvalue weighted by Crippen LogP contribution is -2.40. The number of nitrogens with one attached hydrogen (secondary N) is 1. The fraction of sp³-hybridized carbons (Fsp3) is 0.417. The van der Waals surface area contributed by atoms with E-state index < -0.39 is 0 Å². The molecule has 1 aromatic carbocycles. The molecule has 0 aliphatic rings. The van der Waals surface area contributed by atoms with Gasteiger partial charge in [-0.1, -0.05) is 19.4 Å². The summed E-state index contributed by atoms with van der Waals surface area (Å²) in [5.74, 6) is -0.104. The van der Waals surface area contributed by atoms with E-state index in [-0.39, 0.29) is 17.7 Å². The number of rotatable bonds is 5. The molecule has 4 nitrogen and oxygen atoms in total. The van der Waals surface area contributed by atoms with Crippen LogP contribution in [-0.2, 0) is 0 Å². The Bertz CT molecular complexity index is 353. The Hall–Kier alpha value is -1.55. The maximum absolute atomic E-state index is 11.8. The highest BCUT2D eigenvalue weighted by Crippen LogP contribution is 2.11. The first kappa shape index (κ1) is 12.5. The van der Waals surface area contributed by atoms with E-state index in [2.05, 4.69) is 5.32 Å². The van der Waals surface area contributed by atoms with Crippen LogP contribution in [0, 0.1) is 0 Å². The number of amides is 1. The zero-order valence-corrected chi connectivity index (χ0v) is 9.44. The highest BCUT2D eigenvalue weighted by Gasteiger charge is 2.11. The first-order valence-electron chi connectivity index (χ1n) is 5.47. The van der Waals surface area contributed by atoms with Crippen molar-refractivity contribution >= 4 is 5.91 Å². The van der Waals surface area contributed by atoms with E-state index in [0.29, 0.717) is 12.1 Å². The molecule has 4 N–H and O–H groups in total. The predicted molar refractivity (Wildman–Crippen MR) is 63.3 cm³/mol. The average Bonchev–Trinajstić information content (AvgIpc) is 2.28. The molecule has 0 saturated carbocycles. The Morgan fingerprint density at radius 1 is 1.56 bits per heavy atom. The smallest absolute Gasteiger partial charge is 0.251 e. The molecule has 1 unspecified atom stereocenters. The monoisotopic (exact) mass is 222 g/mol. The minimum Gasteiger partial charge on any atom is -0.508 e. The van der Waals surface area contributed by atoms with Gasteiger partial charge in [-0.15, -0.1) is 0 Å². The van der Waals surface area contributed by atoms with Crippen molar-refractivity contribution < 1.29 is 9.90 Å². The molecule has 0 aliphatic heterocycles. The number of carbonyl (C=O) groups is 1. The minimum absolute atomic E-state index is 0.000140. The van der Waals surface area contributed by atoms with E-state index >= 15 is 0 Å². The standard InChI is InChI=1S/C12H18N2O2/c1-2-4-10(8-13)14-12(16)9-5-3-6-11(15)7-9/h3,5-7,10,15H,2,4,8,13H2,1H3,(H,14,16). The highest BCUT2D eigenvalue weighted by atomic mass is 16.3. The van der Waals surface area contributed by atoms with Gasteiger partial charge in [0.15, 0.2) is 0 Å². The molecule has 1 aromatic rings. The van der Waals surface area contributed by atoms with Gasteiger partial charge >= 0.3 is 0 Å². The number of hydrogen-bond acceptors (Lipinski definition) is 3. The topological polar surface area (TPSA) is 75.3 Å². The van der Waals surface area contributed by atoms with Gasteiger partial charge in [0.25, 0.3) is 5.91 Å². The Labute approximate surface area is 95.5 Å². The molecule has 0 radical (unpaired) electrons. The quantitative estimate of drug-likeness (QED) is 0.701. The number of aromatic hydroxyl groups is 1. The van der Waals surface area contributed by atoms with E-state index in [9.17, 15) is 9.90 Å². The molecular weight excluding hydrogens is 204 g/mol. The molecule has 4 heteroatoms. The van der Waals surface area contributed by atoms with Crippen LogP contribution >= 0.6 is 0 Å². The van der Waals surface area contributed by atoms with Crippen LogP contribution < -0.4 is 11.1 Å². The molecule has 1 amide bonds. The lowest BCUT2D eigenvalue weighted by atomic mass is 10.1. The minimum atomic E-state index is -0.195. The summed E-state index contributed by atoms with van der Waals surface area (Å²) in [6.45, 7) is 2.47. The molecule has 0 saturated heterocycles. The van der Waals surface area contributed by atoms with Gasteiger partial charge < -0.3 is 16.2 Å². The van der Waals surface area contributed by atoms with Crippen LogP contribution in [0.2, 0.25) is 0 Å². The Balaban J connectivity index is 2.64. The summed E-state index contributed by atoms with van der Waals surface area (Å²) in [7, 11) is 0. The Morgan fingerprint density at radius 3 is 2.88 bits per heavy atom. The maximum Gasteiger partial charge on any atom is 0.251 e. The summed E-state index contributed by atoms with van der Waals surface area (Å²) in [5, 5.41) is 12.1. The summed E-state index contributed by atoms with van der Waals surface area (Å²) in [4.78, 5) is 11.8. The Morgan fingerprint density at radius 2 is 2.31 bits per heavy atom. The van der Waals surface area contributed by atoms with Crippen LogP contribution in [0.3, 0.4) is 0 Å². The van der Waals surface area contributed by atoms with Crippen molar-refractivity contribution in [2.75, 3.05) is 6.54 Å². The third-order valence-corrected chi connectivity index (χ3v) is 2.37. The van der Waals surface area contributed by atoms with Gasteiger partial charge in [-0.05, 0) is 24.6 Å². The highest BCUT2D eigenvalue weighted by molar-refractivity contribution is 5.94. The summed E-state index contributed by atoms with van der Waals surface area (Å²) in [6, 6.07) is 6.27. The number of nitrogens with two attached hydrogens (primary N) is 1. The Kier molecular flexibility index (Phi) is 4.79. The van der Waals surface area contributed by atoms with Crippen LogP contribution in [-0.4, -0.2) is 23.6 Å². The maximum atomic E-state index is 11.8. The number of phenolic OH excluding ortho intramolecular Hbond substituents is 1. The summed E-state index contributed by atoms with van der Waals surface area (Å²) < 4.78 is 0. The third-order valence-electron chi connectivity index (χ3n) is 2.37. The van der Waals surface area contributed by atoms with Gasteiger partial charge in [-0.3, -0.25) is 4.79 Å². The lowest BCUT2D eigenvalue weighted by molar-refractivity contribution is 0.0935. The second kappa shape index (κ2) is 6.12. The second-order valence-electron chi connectivity index (χ2n) is 3.75. The van der Waals surface area contributed by atoms with E-state index in [1.54, 1.807) is 12.1 Å². The van der Waals surface area contributed by atoms with Gasteiger partial charge in [-0.25, -0.2) is 0 Å². The van der Waals surface area contributed by atoms with Crippen molar-refractivity contribution in [3.8, 4) is 5.75 Å². The van der Waals surface area contributed by atoms with Crippen molar-refractivity contribution in [2.24, 2.45) is 5.73 Å². The molecule has 0 aliphatic carbocycles. The van der Waals surface area contributed by atoms with E-state index in [0.717, 1.165) is 12.8 Å². The lowest BCUT2D eigenvalue weighted by Gasteiger charge is -2.15. The van der Waals surface area contributed by atoms with Gasteiger partial charge in [0.05, 0.1) is 0 Å². The molecule has 0 spiro atoms. The average molecular weight is 222 g/mol. The van der Waals surface area contributed by atoms with Crippen LogP contribution in [0.4, 0.5) is 0 Å². The van der Waals surface area contributed by atoms with E-state index in [4.69, 9.17) is 5.73 Å².